The van der Waals surface area contributed by atoms with Gasteiger partial charge in [0.25, 0.3) is 0 Å². The highest BCUT2D eigenvalue weighted by Crippen LogP contribution is 2.29. The van der Waals surface area contributed by atoms with Gasteiger partial charge in [-0.05, 0) is 25.2 Å². The predicted octanol–water partition coefficient (Wildman–Crippen LogP) is 2.18. The second-order valence-corrected chi connectivity index (χ2v) is 4.79. The molecule has 1 aliphatic heterocycles. The van der Waals surface area contributed by atoms with Gasteiger partial charge in [-0.2, -0.15) is 0 Å². The molecule has 1 fully saturated rings. The van der Waals surface area contributed by atoms with Crippen LogP contribution in [0.1, 0.15) is 0 Å². The summed E-state index contributed by atoms with van der Waals surface area (Å²) in [7, 11) is 2.10. The third-order valence-corrected chi connectivity index (χ3v) is 3.35. The topological polar surface area (TPSA) is 55.8 Å². The number of likely N-dealkylation sites (N-methyl/N-ethyl adjacent to an activating group) is 1. The van der Waals surface area contributed by atoms with Crippen LogP contribution in [-0.4, -0.2) is 49.3 Å². The number of anilines is 2. The van der Waals surface area contributed by atoms with Gasteiger partial charge < -0.3 is 14.9 Å². The Balaban J connectivity index is 2.12. The third-order valence-electron chi connectivity index (χ3n) is 3.04. The Kier molecular flexibility index (Phi) is 3.93. The van der Waals surface area contributed by atoms with E-state index in [9.17, 15) is 4.79 Å². The normalized spacial score (nSPS) is 16.7. The standard InChI is InChI=1S/C12H16ClN3O2/c1-15-4-6-16(7-5-15)11-3-2-9(8-10(11)13)14-12(17)18/h2-3,8,14H,4-7H2,1H3,(H,17,18). The van der Waals surface area contributed by atoms with E-state index in [0.29, 0.717) is 10.7 Å². The lowest BCUT2D eigenvalue weighted by Crippen LogP contribution is -2.44. The van der Waals surface area contributed by atoms with Crippen molar-refractivity contribution in [1.29, 1.82) is 0 Å². The number of amides is 1. The van der Waals surface area contributed by atoms with E-state index in [-0.39, 0.29) is 0 Å². The number of hydrogen-bond acceptors (Lipinski definition) is 3. The first-order chi connectivity index (χ1) is 8.56. The van der Waals surface area contributed by atoms with Crippen LogP contribution in [0.3, 0.4) is 0 Å². The molecule has 0 spiro atoms. The number of carboxylic acid groups (broad SMARTS) is 1. The van der Waals surface area contributed by atoms with Crippen LogP contribution in [-0.2, 0) is 0 Å². The van der Waals surface area contributed by atoms with Crippen LogP contribution >= 0.6 is 11.6 Å². The van der Waals surface area contributed by atoms with Gasteiger partial charge in [0.05, 0.1) is 10.7 Å². The van der Waals surface area contributed by atoms with Gasteiger partial charge in [-0.1, -0.05) is 11.6 Å². The van der Waals surface area contributed by atoms with Crippen molar-refractivity contribution in [2.45, 2.75) is 0 Å². The first kappa shape index (κ1) is 13.0. The van der Waals surface area contributed by atoms with E-state index in [1.165, 1.54) is 0 Å². The maximum absolute atomic E-state index is 10.5. The highest BCUT2D eigenvalue weighted by atomic mass is 35.5. The van der Waals surface area contributed by atoms with Gasteiger partial charge in [0.1, 0.15) is 0 Å². The molecule has 2 N–H and O–H groups in total. The molecule has 18 heavy (non-hydrogen) atoms. The molecule has 6 heteroatoms. The van der Waals surface area contributed by atoms with Crippen molar-refractivity contribution in [3.05, 3.63) is 23.2 Å². The fraction of sp³-hybridized carbons (Fsp3) is 0.417. The molecule has 1 aromatic carbocycles. The molecule has 1 saturated heterocycles. The Morgan fingerprint density at radius 1 is 1.33 bits per heavy atom. The maximum atomic E-state index is 10.5. The number of carbonyl (C=O) groups is 1. The zero-order valence-electron chi connectivity index (χ0n) is 10.2. The average molecular weight is 270 g/mol. The van der Waals surface area contributed by atoms with Crippen LogP contribution in [0, 0.1) is 0 Å². The SMILES string of the molecule is CN1CCN(c2ccc(NC(=O)O)cc2Cl)CC1. The summed E-state index contributed by atoms with van der Waals surface area (Å²) in [5, 5.41) is 11.5. The first-order valence-corrected chi connectivity index (χ1v) is 6.17. The zero-order valence-corrected chi connectivity index (χ0v) is 10.9. The first-order valence-electron chi connectivity index (χ1n) is 5.79. The van der Waals surface area contributed by atoms with E-state index < -0.39 is 6.09 Å². The minimum atomic E-state index is -1.08. The molecule has 2 rings (SSSR count). The molecule has 1 aliphatic rings. The van der Waals surface area contributed by atoms with Crippen molar-refractivity contribution in [2.75, 3.05) is 43.4 Å². The van der Waals surface area contributed by atoms with E-state index in [1.54, 1.807) is 12.1 Å². The molecule has 0 atom stereocenters. The van der Waals surface area contributed by atoms with Crippen molar-refractivity contribution in [1.82, 2.24) is 4.90 Å². The molecule has 1 amide bonds. The summed E-state index contributed by atoms with van der Waals surface area (Å²) < 4.78 is 0. The van der Waals surface area contributed by atoms with E-state index in [0.717, 1.165) is 31.9 Å². The monoisotopic (exact) mass is 269 g/mol. The molecule has 0 saturated carbocycles. The summed E-state index contributed by atoms with van der Waals surface area (Å²) >= 11 is 6.19. The largest absolute Gasteiger partial charge is 0.465 e. The van der Waals surface area contributed by atoms with Crippen molar-refractivity contribution in [2.24, 2.45) is 0 Å². The highest BCUT2D eigenvalue weighted by molar-refractivity contribution is 6.33. The molecule has 1 aromatic rings. The summed E-state index contributed by atoms with van der Waals surface area (Å²) in [4.78, 5) is 15.0. The van der Waals surface area contributed by atoms with E-state index in [4.69, 9.17) is 16.7 Å². The smallest absolute Gasteiger partial charge is 0.409 e. The summed E-state index contributed by atoms with van der Waals surface area (Å²) in [6, 6.07) is 5.23. The molecule has 0 aliphatic carbocycles. The second-order valence-electron chi connectivity index (χ2n) is 4.39. The van der Waals surface area contributed by atoms with Crippen LogP contribution in [0.2, 0.25) is 5.02 Å². The van der Waals surface area contributed by atoms with Crippen molar-refractivity contribution in [3.8, 4) is 0 Å². The highest BCUT2D eigenvalue weighted by Gasteiger charge is 2.16. The van der Waals surface area contributed by atoms with Crippen LogP contribution < -0.4 is 10.2 Å². The number of benzene rings is 1. The second kappa shape index (κ2) is 5.46. The molecule has 0 unspecified atom stereocenters. The maximum Gasteiger partial charge on any atom is 0.409 e. The van der Waals surface area contributed by atoms with Gasteiger partial charge in [-0.25, -0.2) is 4.79 Å². The molecule has 98 valence electrons. The number of nitrogens with one attached hydrogen (secondary N) is 1. The van der Waals surface area contributed by atoms with E-state index in [2.05, 4.69) is 22.2 Å². The van der Waals surface area contributed by atoms with Gasteiger partial charge >= 0.3 is 6.09 Å². The molecular weight excluding hydrogens is 254 g/mol. The number of hydrogen-bond donors (Lipinski definition) is 2. The molecule has 1 heterocycles. The fourth-order valence-electron chi connectivity index (χ4n) is 2.01. The van der Waals surface area contributed by atoms with Crippen LogP contribution in [0.25, 0.3) is 0 Å². The van der Waals surface area contributed by atoms with Gasteiger partial charge in [-0.3, -0.25) is 5.32 Å². The van der Waals surface area contributed by atoms with Gasteiger partial charge in [-0.15, -0.1) is 0 Å². The van der Waals surface area contributed by atoms with E-state index in [1.807, 2.05) is 6.07 Å². The Bertz CT molecular complexity index is 445. The average Bonchev–Trinajstić information content (AvgIpc) is 2.30. The Hall–Kier alpha value is -1.46. The lowest BCUT2D eigenvalue weighted by molar-refractivity contribution is 0.210. The Labute approximate surface area is 111 Å². The molecule has 0 aromatic heterocycles. The number of halogens is 1. The predicted molar refractivity (Wildman–Crippen MR) is 72.8 cm³/mol. The number of rotatable bonds is 2. The summed E-state index contributed by atoms with van der Waals surface area (Å²) in [5.74, 6) is 0. The minimum Gasteiger partial charge on any atom is -0.465 e. The summed E-state index contributed by atoms with van der Waals surface area (Å²) in [6.45, 7) is 3.88. The van der Waals surface area contributed by atoms with Crippen molar-refractivity contribution >= 4 is 29.1 Å². The lowest BCUT2D eigenvalue weighted by Gasteiger charge is -2.34. The number of piperazine rings is 1. The van der Waals surface area contributed by atoms with Crippen molar-refractivity contribution in [3.63, 3.8) is 0 Å². The molecular formula is C12H16ClN3O2. The zero-order chi connectivity index (χ0) is 13.1. The lowest BCUT2D eigenvalue weighted by atomic mass is 10.2. The van der Waals surface area contributed by atoms with E-state index >= 15 is 0 Å². The Morgan fingerprint density at radius 3 is 2.56 bits per heavy atom. The van der Waals surface area contributed by atoms with Gasteiger partial charge in [0, 0.05) is 31.9 Å². The number of nitrogens with zero attached hydrogens (tertiary/aromatic N) is 2. The third kappa shape index (κ3) is 3.05. The quantitative estimate of drug-likeness (QED) is 0.864. The molecule has 0 bridgehead atoms. The van der Waals surface area contributed by atoms with Gasteiger partial charge in [0.2, 0.25) is 0 Å². The Morgan fingerprint density at radius 2 is 2.00 bits per heavy atom. The summed E-state index contributed by atoms with van der Waals surface area (Å²) in [6.07, 6.45) is -1.08. The van der Waals surface area contributed by atoms with Crippen molar-refractivity contribution < 1.29 is 9.90 Å². The fourth-order valence-corrected chi connectivity index (χ4v) is 2.31. The van der Waals surface area contributed by atoms with Crippen LogP contribution in [0.4, 0.5) is 16.2 Å². The molecule has 5 nitrogen and oxygen atoms in total. The molecule has 0 radical (unpaired) electrons. The minimum absolute atomic E-state index is 0.491. The van der Waals surface area contributed by atoms with Gasteiger partial charge in [0.15, 0.2) is 0 Å². The van der Waals surface area contributed by atoms with Crippen LogP contribution in [0.15, 0.2) is 18.2 Å². The summed E-state index contributed by atoms with van der Waals surface area (Å²) in [5.41, 5.74) is 1.45. The van der Waals surface area contributed by atoms with Crippen LogP contribution in [0.5, 0.6) is 0 Å².